The minimum absolute atomic E-state index is 0.265. The summed E-state index contributed by atoms with van der Waals surface area (Å²) in [7, 11) is 0. The zero-order chi connectivity index (χ0) is 11.0. The number of nitrogens with one attached hydrogen (secondary N) is 1. The Kier molecular flexibility index (Phi) is 7.20. The van der Waals surface area contributed by atoms with E-state index in [1.165, 1.54) is 25.7 Å². The van der Waals surface area contributed by atoms with Gasteiger partial charge in [-0.05, 0) is 18.8 Å². The van der Waals surface area contributed by atoms with E-state index in [4.69, 9.17) is 5.73 Å². The SMILES string of the molecule is CCCCCC(C)(C)CNCC(C)N. The first-order chi connectivity index (χ1) is 6.48. The molecule has 0 aromatic rings. The van der Waals surface area contributed by atoms with Crippen molar-refractivity contribution in [1.82, 2.24) is 5.32 Å². The zero-order valence-corrected chi connectivity index (χ0v) is 10.4. The van der Waals surface area contributed by atoms with Crippen LogP contribution in [0, 0.1) is 5.41 Å². The number of hydrogen-bond acceptors (Lipinski definition) is 2. The van der Waals surface area contributed by atoms with Crippen molar-refractivity contribution >= 4 is 0 Å². The van der Waals surface area contributed by atoms with E-state index in [2.05, 4.69) is 26.1 Å². The molecule has 0 radical (unpaired) electrons. The van der Waals surface area contributed by atoms with Crippen molar-refractivity contribution < 1.29 is 0 Å². The Morgan fingerprint density at radius 2 is 1.93 bits per heavy atom. The summed E-state index contributed by atoms with van der Waals surface area (Å²) < 4.78 is 0. The lowest BCUT2D eigenvalue weighted by molar-refractivity contribution is 0.301. The van der Waals surface area contributed by atoms with E-state index in [0.717, 1.165) is 13.1 Å². The summed E-state index contributed by atoms with van der Waals surface area (Å²) >= 11 is 0. The fraction of sp³-hybridized carbons (Fsp3) is 1.00. The van der Waals surface area contributed by atoms with Gasteiger partial charge in [-0.25, -0.2) is 0 Å². The van der Waals surface area contributed by atoms with Gasteiger partial charge in [-0.2, -0.15) is 0 Å². The molecule has 0 saturated heterocycles. The molecule has 86 valence electrons. The van der Waals surface area contributed by atoms with Crippen LogP contribution in [0.25, 0.3) is 0 Å². The predicted octanol–water partition coefficient (Wildman–Crippen LogP) is 2.53. The molecule has 0 spiro atoms. The van der Waals surface area contributed by atoms with Crippen LogP contribution in [-0.2, 0) is 0 Å². The van der Waals surface area contributed by atoms with Gasteiger partial charge in [-0.1, -0.05) is 40.0 Å². The van der Waals surface area contributed by atoms with Crippen LogP contribution in [0.5, 0.6) is 0 Å². The lowest BCUT2D eigenvalue weighted by atomic mass is 9.87. The Morgan fingerprint density at radius 3 is 2.43 bits per heavy atom. The smallest absolute Gasteiger partial charge is 0.0136 e. The van der Waals surface area contributed by atoms with Gasteiger partial charge < -0.3 is 11.1 Å². The predicted molar refractivity (Wildman–Crippen MR) is 64.4 cm³/mol. The van der Waals surface area contributed by atoms with E-state index in [-0.39, 0.29) is 6.04 Å². The van der Waals surface area contributed by atoms with Crippen molar-refractivity contribution in [2.45, 2.75) is 59.4 Å². The zero-order valence-electron chi connectivity index (χ0n) is 10.4. The highest BCUT2D eigenvalue weighted by atomic mass is 14.9. The summed E-state index contributed by atoms with van der Waals surface area (Å²) in [5, 5.41) is 3.43. The molecule has 14 heavy (non-hydrogen) atoms. The molecule has 1 unspecified atom stereocenters. The lowest BCUT2D eigenvalue weighted by Gasteiger charge is -2.25. The Bertz CT molecular complexity index is 130. The first-order valence-corrected chi connectivity index (χ1v) is 5.94. The van der Waals surface area contributed by atoms with Crippen LogP contribution in [0.1, 0.15) is 53.4 Å². The van der Waals surface area contributed by atoms with Gasteiger partial charge in [-0.15, -0.1) is 0 Å². The van der Waals surface area contributed by atoms with Gasteiger partial charge in [0.05, 0.1) is 0 Å². The summed E-state index contributed by atoms with van der Waals surface area (Å²) in [6.07, 6.45) is 5.33. The van der Waals surface area contributed by atoms with Gasteiger partial charge in [0, 0.05) is 19.1 Å². The first-order valence-electron chi connectivity index (χ1n) is 5.94. The molecular formula is C12H28N2. The average Bonchev–Trinajstić information content (AvgIpc) is 2.03. The van der Waals surface area contributed by atoms with E-state index >= 15 is 0 Å². The van der Waals surface area contributed by atoms with Crippen LogP contribution in [-0.4, -0.2) is 19.1 Å². The second-order valence-corrected chi connectivity index (χ2v) is 5.23. The standard InChI is InChI=1S/C12H28N2/c1-5-6-7-8-12(3,4)10-14-9-11(2)13/h11,14H,5-10,13H2,1-4H3. The van der Waals surface area contributed by atoms with E-state index < -0.39 is 0 Å². The summed E-state index contributed by atoms with van der Waals surface area (Å²) in [4.78, 5) is 0. The minimum atomic E-state index is 0.265. The third kappa shape index (κ3) is 8.52. The lowest BCUT2D eigenvalue weighted by Crippen LogP contribution is -2.37. The van der Waals surface area contributed by atoms with Crippen LogP contribution >= 0.6 is 0 Å². The van der Waals surface area contributed by atoms with Crippen molar-refractivity contribution in [2.75, 3.05) is 13.1 Å². The van der Waals surface area contributed by atoms with E-state index in [1.807, 2.05) is 6.92 Å². The minimum Gasteiger partial charge on any atom is -0.327 e. The Labute approximate surface area is 89.6 Å². The highest BCUT2D eigenvalue weighted by molar-refractivity contribution is 4.72. The van der Waals surface area contributed by atoms with Crippen molar-refractivity contribution in [3.8, 4) is 0 Å². The fourth-order valence-corrected chi connectivity index (χ4v) is 1.58. The van der Waals surface area contributed by atoms with E-state index in [0.29, 0.717) is 5.41 Å². The van der Waals surface area contributed by atoms with Gasteiger partial charge in [0.15, 0.2) is 0 Å². The van der Waals surface area contributed by atoms with E-state index in [9.17, 15) is 0 Å². The molecule has 0 aromatic carbocycles. The molecule has 2 nitrogen and oxygen atoms in total. The first kappa shape index (κ1) is 13.9. The third-order valence-corrected chi connectivity index (χ3v) is 2.53. The normalized spacial score (nSPS) is 14.4. The molecule has 0 saturated carbocycles. The summed E-state index contributed by atoms with van der Waals surface area (Å²) in [6.45, 7) is 11.0. The van der Waals surface area contributed by atoms with Gasteiger partial charge >= 0.3 is 0 Å². The molecule has 2 heteroatoms. The molecule has 0 amide bonds. The molecule has 0 aliphatic rings. The molecule has 0 rings (SSSR count). The van der Waals surface area contributed by atoms with Crippen LogP contribution in [0.4, 0.5) is 0 Å². The fourth-order valence-electron chi connectivity index (χ4n) is 1.58. The topological polar surface area (TPSA) is 38.0 Å². The Balaban J connectivity index is 3.50. The summed E-state index contributed by atoms with van der Waals surface area (Å²) in [5.74, 6) is 0. The maximum absolute atomic E-state index is 5.68. The second-order valence-electron chi connectivity index (χ2n) is 5.23. The second kappa shape index (κ2) is 7.24. The maximum Gasteiger partial charge on any atom is 0.0136 e. The molecule has 0 bridgehead atoms. The van der Waals surface area contributed by atoms with Gasteiger partial charge in [0.25, 0.3) is 0 Å². The number of unbranched alkanes of at least 4 members (excludes halogenated alkanes) is 2. The van der Waals surface area contributed by atoms with Crippen LogP contribution in [0.15, 0.2) is 0 Å². The molecule has 0 aliphatic heterocycles. The molecule has 3 N–H and O–H groups in total. The quantitative estimate of drug-likeness (QED) is 0.591. The largest absolute Gasteiger partial charge is 0.327 e. The Morgan fingerprint density at radius 1 is 1.29 bits per heavy atom. The molecule has 1 atom stereocenters. The molecule has 0 aliphatic carbocycles. The van der Waals surface area contributed by atoms with E-state index in [1.54, 1.807) is 0 Å². The maximum atomic E-state index is 5.68. The average molecular weight is 200 g/mol. The summed E-state index contributed by atoms with van der Waals surface area (Å²) in [6, 6.07) is 0.265. The van der Waals surface area contributed by atoms with Crippen LogP contribution < -0.4 is 11.1 Å². The van der Waals surface area contributed by atoms with Crippen LogP contribution in [0.3, 0.4) is 0 Å². The monoisotopic (exact) mass is 200 g/mol. The molecule has 0 heterocycles. The van der Waals surface area contributed by atoms with Gasteiger partial charge in [-0.3, -0.25) is 0 Å². The highest BCUT2D eigenvalue weighted by Gasteiger charge is 2.16. The molecular weight excluding hydrogens is 172 g/mol. The van der Waals surface area contributed by atoms with Crippen LogP contribution in [0.2, 0.25) is 0 Å². The number of hydrogen-bond donors (Lipinski definition) is 2. The summed E-state index contributed by atoms with van der Waals surface area (Å²) in [5.41, 5.74) is 6.10. The Hall–Kier alpha value is -0.0800. The molecule has 0 aromatic heterocycles. The van der Waals surface area contributed by atoms with Crippen molar-refractivity contribution in [1.29, 1.82) is 0 Å². The van der Waals surface area contributed by atoms with Crippen molar-refractivity contribution in [2.24, 2.45) is 11.1 Å². The number of nitrogens with two attached hydrogens (primary N) is 1. The third-order valence-electron chi connectivity index (χ3n) is 2.53. The van der Waals surface area contributed by atoms with Crippen molar-refractivity contribution in [3.05, 3.63) is 0 Å². The molecule has 0 fully saturated rings. The highest BCUT2D eigenvalue weighted by Crippen LogP contribution is 2.22. The number of rotatable bonds is 8. The van der Waals surface area contributed by atoms with Crippen molar-refractivity contribution in [3.63, 3.8) is 0 Å². The van der Waals surface area contributed by atoms with Gasteiger partial charge in [0.1, 0.15) is 0 Å². The van der Waals surface area contributed by atoms with Gasteiger partial charge in [0.2, 0.25) is 0 Å².